The van der Waals surface area contributed by atoms with Crippen LogP contribution in [0.2, 0.25) is 0 Å². The van der Waals surface area contributed by atoms with E-state index in [-0.39, 0.29) is 23.6 Å². The zero-order valence-corrected chi connectivity index (χ0v) is 36.1. The molecule has 0 bridgehead atoms. The number of rotatable bonds is 0. The van der Waals surface area contributed by atoms with Crippen LogP contribution in [0.1, 0.15) is 116 Å². The summed E-state index contributed by atoms with van der Waals surface area (Å²) in [5.41, 5.74) is 19.9. The second-order valence-electron chi connectivity index (χ2n) is 16.6. The monoisotopic (exact) mass is 785 g/mol. The highest BCUT2D eigenvalue weighted by Gasteiger charge is 2.32. The van der Waals surface area contributed by atoms with Gasteiger partial charge in [0.05, 0.1) is 11.1 Å². The Balaban J connectivity index is 0.000000124. The summed E-state index contributed by atoms with van der Waals surface area (Å²) in [6.07, 6.45) is 6.85. The number of nitrogens with zero attached hydrogens (tertiary/aromatic N) is 3. The van der Waals surface area contributed by atoms with Gasteiger partial charge in [0.1, 0.15) is 0 Å². The molecule has 4 amide bonds. The molecule has 3 aliphatic heterocycles. The summed E-state index contributed by atoms with van der Waals surface area (Å²) in [5, 5.41) is 0. The Labute approximate surface area is 349 Å². The van der Waals surface area contributed by atoms with Crippen LogP contribution in [0.5, 0.6) is 0 Å². The summed E-state index contributed by atoms with van der Waals surface area (Å²) >= 11 is 0. The summed E-state index contributed by atoms with van der Waals surface area (Å²) in [6, 6.07) is 30.6. The molecule has 7 nitrogen and oxygen atoms in total. The smallest absolute Gasteiger partial charge is 0.261 e. The summed E-state index contributed by atoms with van der Waals surface area (Å²) in [4.78, 5) is 50.4. The number of carbonyl (C=O) groups excluding carboxylic acids is 4. The molecule has 302 valence electrons. The topological polar surface area (TPSA) is 78.0 Å². The maximum absolute atomic E-state index is 11.5. The van der Waals surface area contributed by atoms with Gasteiger partial charge in [-0.25, -0.2) is 0 Å². The molecule has 10 rings (SSSR count). The second-order valence-corrected chi connectivity index (χ2v) is 16.6. The van der Waals surface area contributed by atoms with Crippen molar-refractivity contribution in [2.24, 2.45) is 0 Å². The van der Waals surface area contributed by atoms with E-state index >= 15 is 0 Å². The molecule has 0 N–H and O–H groups in total. The van der Waals surface area contributed by atoms with Crippen LogP contribution in [-0.4, -0.2) is 59.5 Å². The van der Waals surface area contributed by atoms with Gasteiger partial charge in [-0.05, 0) is 119 Å². The predicted molar refractivity (Wildman–Crippen MR) is 239 cm³/mol. The lowest BCUT2D eigenvalue weighted by Crippen LogP contribution is -2.24. The molecule has 0 saturated heterocycles. The van der Waals surface area contributed by atoms with Crippen molar-refractivity contribution in [3.63, 3.8) is 0 Å². The number of imide groups is 1. The van der Waals surface area contributed by atoms with Gasteiger partial charge in [0.15, 0.2) is 0 Å². The van der Waals surface area contributed by atoms with Gasteiger partial charge in [0.2, 0.25) is 0 Å². The maximum Gasteiger partial charge on any atom is 0.261 e. The molecule has 0 aromatic heterocycles. The zero-order valence-electron chi connectivity index (χ0n) is 36.1. The predicted octanol–water partition coefficient (Wildman–Crippen LogP) is 10.3. The number of amides is 4. The lowest BCUT2D eigenvalue weighted by Gasteiger charge is -2.04. The lowest BCUT2D eigenvalue weighted by molar-refractivity contribution is 0.0691. The van der Waals surface area contributed by atoms with E-state index in [0.717, 1.165) is 64.2 Å². The van der Waals surface area contributed by atoms with Crippen molar-refractivity contribution in [2.75, 3.05) is 21.1 Å². The van der Waals surface area contributed by atoms with Crippen molar-refractivity contribution in [1.82, 2.24) is 14.7 Å². The highest BCUT2D eigenvalue weighted by molar-refractivity contribution is 6.21. The summed E-state index contributed by atoms with van der Waals surface area (Å²) in [6.45, 7) is 16.1. The molecular weight excluding hydrogens is 731 g/mol. The van der Waals surface area contributed by atoms with E-state index in [2.05, 4.69) is 82.3 Å². The van der Waals surface area contributed by atoms with Crippen LogP contribution in [0.4, 0.5) is 0 Å². The van der Waals surface area contributed by atoms with E-state index in [4.69, 9.17) is 0 Å². The number of hydrogen-bond donors (Lipinski definition) is 0. The minimum atomic E-state index is -0.208. The molecule has 5 aromatic rings. The summed E-state index contributed by atoms with van der Waals surface area (Å²) in [7, 11) is 5.16. The third kappa shape index (κ3) is 9.69. The van der Waals surface area contributed by atoms with Crippen molar-refractivity contribution in [1.29, 1.82) is 0 Å². The lowest BCUT2D eigenvalue weighted by atomic mass is 10.1. The highest BCUT2D eigenvalue weighted by atomic mass is 16.2. The van der Waals surface area contributed by atoms with Crippen LogP contribution in [0.3, 0.4) is 0 Å². The molecule has 7 heteroatoms. The van der Waals surface area contributed by atoms with E-state index in [9.17, 15) is 19.2 Å². The largest absolute Gasteiger partial charge is 0.337 e. The van der Waals surface area contributed by atoms with Crippen molar-refractivity contribution in [3.05, 3.63) is 186 Å². The van der Waals surface area contributed by atoms with Gasteiger partial charge in [-0.2, -0.15) is 0 Å². The molecule has 0 atom stereocenters. The van der Waals surface area contributed by atoms with Crippen LogP contribution < -0.4 is 0 Å². The molecule has 0 radical (unpaired) electrons. The van der Waals surface area contributed by atoms with Gasteiger partial charge in [-0.15, -0.1) is 0 Å². The molecule has 5 aliphatic rings. The molecule has 0 unspecified atom stereocenters. The standard InChI is InChI=1S/2C11H12.C10H9NO2.2C10H11NO/c2*1-8-3-4-10-6-9(2)7-11(10)5-8;1-6-3-4-7-8(5-6)10(13)11(2)9(7)12;1-7-3-4-9-8(5-7)6-11(2)10(9)12;1-7-3-4-8-6-11(2)10(12)9(8)5-7/h3-5,7H,6H2,1-2H3;3-6H,7H2,1-2H3;3-5H,1-2H3;2*3-5H,6H2,1-2H3. The van der Waals surface area contributed by atoms with E-state index in [1.165, 1.54) is 57.1 Å². The van der Waals surface area contributed by atoms with E-state index < -0.39 is 0 Å². The van der Waals surface area contributed by atoms with Crippen LogP contribution >= 0.6 is 0 Å². The molecule has 3 heterocycles. The first-order valence-electron chi connectivity index (χ1n) is 20.2. The van der Waals surface area contributed by atoms with Gasteiger partial charge < -0.3 is 9.80 Å². The average molecular weight is 786 g/mol. The number of allylic oxidation sites excluding steroid dienone is 2. The van der Waals surface area contributed by atoms with Crippen molar-refractivity contribution in [2.45, 2.75) is 74.4 Å². The molecule has 59 heavy (non-hydrogen) atoms. The van der Waals surface area contributed by atoms with Gasteiger partial charge in [-0.1, -0.05) is 118 Å². The Morgan fingerprint density at radius 1 is 0.373 bits per heavy atom. The Bertz CT molecular complexity index is 2560. The Morgan fingerprint density at radius 3 is 1.47 bits per heavy atom. The van der Waals surface area contributed by atoms with Gasteiger partial charge in [-0.3, -0.25) is 24.1 Å². The number of aryl methyl sites for hydroxylation is 5. The fourth-order valence-corrected chi connectivity index (χ4v) is 7.90. The van der Waals surface area contributed by atoms with Crippen LogP contribution in [-0.2, 0) is 25.9 Å². The second kappa shape index (κ2) is 17.7. The Hall–Kier alpha value is -6.34. The fraction of sp³-hybridized carbons (Fsp3) is 0.269. The number of fused-ring (bicyclic) bond motifs is 5. The minimum Gasteiger partial charge on any atom is -0.337 e. The molecule has 2 aliphatic carbocycles. The summed E-state index contributed by atoms with van der Waals surface area (Å²) in [5.74, 6) is -0.123. The fourth-order valence-electron chi connectivity index (χ4n) is 7.90. The van der Waals surface area contributed by atoms with Gasteiger partial charge in [0, 0.05) is 45.4 Å². The van der Waals surface area contributed by atoms with E-state index in [1.54, 1.807) is 21.9 Å². The number of hydrogen-bond acceptors (Lipinski definition) is 4. The maximum atomic E-state index is 11.5. The number of benzene rings is 5. The SMILES string of the molecule is CC1=Cc2cc(C)ccc2C1.CC1=Cc2ccc(C)cc2C1.Cc1ccc2c(c1)C(=O)N(C)C2.Cc1ccc2c(c1)C(=O)N(C)C2=O.Cc1ccc2c(c1)CN(C)C2=O. The Kier molecular flexibility index (Phi) is 12.6. The first kappa shape index (κ1) is 42.3. The highest BCUT2D eigenvalue weighted by Crippen LogP contribution is 2.27. The summed E-state index contributed by atoms with van der Waals surface area (Å²) < 4.78 is 0. The average Bonchev–Trinajstić information content (AvgIpc) is 3.96. The van der Waals surface area contributed by atoms with Crippen molar-refractivity contribution >= 4 is 35.8 Å². The minimum absolute atomic E-state index is 0.144. The normalized spacial score (nSPS) is 14.9. The molecule has 5 aromatic carbocycles. The molecule has 0 spiro atoms. The molecule has 0 saturated carbocycles. The zero-order chi connectivity index (χ0) is 42.7. The van der Waals surface area contributed by atoms with Crippen molar-refractivity contribution < 1.29 is 19.2 Å². The number of carbonyl (C=O) groups is 4. The van der Waals surface area contributed by atoms with Crippen molar-refractivity contribution in [3.8, 4) is 0 Å². The first-order valence-corrected chi connectivity index (χ1v) is 20.2. The van der Waals surface area contributed by atoms with Crippen LogP contribution in [0.15, 0.2) is 102 Å². The third-order valence-electron chi connectivity index (χ3n) is 11.1. The Morgan fingerprint density at radius 2 is 0.814 bits per heavy atom. The molecular formula is C52H55N3O4. The quantitative estimate of drug-likeness (QED) is 0.147. The van der Waals surface area contributed by atoms with E-state index in [1.807, 2.05) is 71.3 Å². The van der Waals surface area contributed by atoms with Crippen LogP contribution in [0, 0.1) is 34.6 Å². The van der Waals surface area contributed by atoms with E-state index in [0.29, 0.717) is 11.1 Å². The van der Waals surface area contributed by atoms with Crippen LogP contribution in [0.25, 0.3) is 12.2 Å². The first-order chi connectivity index (χ1) is 28.0. The third-order valence-corrected chi connectivity index (χ3v) is 11.1. The molecule has 0 fully saturated rings. The van der Waals surface area contributed by atoms with Gasteiger partial charge in [0.25, 0.3) is 23.6 Å². The van der Waals surface area contributed by atoms with Gasteiger partial charge >= 0.3 is 0 Å².